The van der Waals surface area contributed by atoms with E-state index in [0.717, 1.165) is 5.56 Å². The predicted octanol–water partition coefficient (Wildman–Crippen LogP) is 3.10. The maximum Gasteiger partial charge on any atom is 0.322 e. The minimum atomic E-state index is -0.307. The van der Waals surface area contributed by atoms with Crippen molar-refractivity contribution in [2.24, 2.45) is 0 Å². The fourth-order valence-electron chi connectivity index (χ4n) is 3.43. The third-order valence-corrected chi connectivity index (χ3v) is 5.01. The van der Waals surface area contributed by atoms with Crippen LogP contribution >= 0.6 is 0 Å². The van der Waals surface area contributed by atoms with Crippen LogP contribution in [-0.4, -0.2) is 34.6 Å². The van der Waals surface area contributed by atoms with Gasteiger partial charge >= 0.3 is 6.03 Å². The number of H-pyrrole nitrogens is 1. The summed E-state index contributed by atoms with van der Waals surface area (Å²) in [7, 11) is 1.56. The first-order chi connectivity index (χ1) is 14.5. The molecule has 1 aliphatic heterocycles. The van der Waals surface area contributed by atoms with Gasteiger partial charge in [-0.2, -0.15) is 0 Å². The second kappa shape index (κ2) is 8.36. The van der Waals surface area contributed by atoms with Gasteiger partial charge in [-0.05, 0) is 29.8 Å². The molecule has 8 heteroatoms. The Balaban J connectivity index is 1.47. The van der Waals surface area contributed by atoms with Crippen LogP contribution in [0.1, 0.15) is 22.6 Å². The molecular formula is C22H21FN4O3. The van der Waals surface area contributed by atoms with Gasteiger partial charge in [0.15, 0.2) is 0 Å². The maximum atomic E-state index is 13.1. The summed E-state index contributed by atoms with van der Waals surface area (Å²) in [6, 6.07) is 12.9. The number of aromatic amines is 1. The smallest absolute Gasteiger partial charge is 0.322 e. The van der Waals surface area contributed by atoms with Crippen LogP contribution in [0.15, 0.2) is 53.3 Å². The molecule has 4 rings (SSSR count). The highest BCUT2D eigenvalue weighted by atomic mass is 19.1. The summed E-state index contributed by atoms with van der Waals surface area (Å²) in [6.07, 6.45) is 0.893. The molecule has 0 saturated carbocycles. The van der Waals surface area contributed by atoms with E-state index in [1.807, 2.05) is 0 Å². The van der Waals surface area contributed by atoms with Crippen molar-refractivity contribution in [3.05, 3.63) is 87.3 Å². The number of hydrogen-bond acceptors (Lipinski definition) is 4. The molecule has 2 heterocycles. The molecule has 0 unspecified atom stereocenters. The Morgan fingerprint density at radius 3 is 2.83 bits per heavy atom. The standard InChI is InChI=1S/C22H21FN4O3/c1-30-17-4-2-3-16(12-17)24-22(29)27-10-9-19-18(13-27)21(28)26-20(25-19)11-14-5-7-15(23)8-6-14/h2-8,12H,9-11,13H2,1H3,(H,24,29)(H,25,26,28). The van der Waals surface area contributed by atoms with Gasteiger partial charge in [-0.15, -0.1) is 0 Å². The summed E-state index contributed by atoms with van der Waals surface area (Å²) in [5.74, 6) is 0.865. The van der Waals surface area contributed by atoms with Crippen molar-refractivity contribution >= 4 is 11.7 Å². The topological polar surface area (TPSA) is 87.3 Å². The quantitative estimate of drug-likeness (QED) is 0.695. The van der Waals surface area contributed by atoms with E-state index in [-0.39, 0.29) is 24.0 Å². The highest BCUT2D eigenvalue weighted by Crippen LogP contribution is 2.19. The molecule has 1 aromatic heterocycles. The second-order valence-electron chi connectivity index (χ2n) is 7.07. The van der Waals surface area contributed by atoms with Crippen LogP contribution in [-0.2, 0) is 19.4 Å². The molecule has 154 valence electrons. The molecule has 7 nitrogen and oxygen atoms in total. The molecule has 30 heavy (non-hydrogen) atoms. The molecule has 2 amide bonds. The molecule has 1 aliphatic rings. The van der Waals surface area contributed by atoms with Crippen molar-refractivity contribution in [3.63, 3.8) is 0 Å². The monoisotopic (exact) mass is 408 g/mol. The first-order valence-corrected chi connectivity index (χ1v) is 9.57. The van der Waals surface area contributed by atoms with Gasteiger partial charge in [0, 0.05) is 31.1 Å². The minimum Gasteiger partial charge on any atom is -0.497 e. The number of rotatable bonds is 4. The second-order valence-corrected chi connectivity index (χ2v) is 7.07. The number of halogens is 1. The number of benzene rings is 2. The average molecular weight is 408 g/mol. The van der Waals surface area contributed by atoms with Gasteiger partial charge in [-0.1, -0.05) is 18.2 Å². The Hall–Kier alpha value is -3.68. The van der Waals surface area contributed by atoms with Gasteiger partial charge < -0.3 is 19.9 Å². The largest absolute Gasteiger partial charge is 0.497 e. The lowest BCUT2D eigenvalue weighted by Crippen LogP contribution is -2.42. The number of nitrogens with one attached hydrogen (secondary N) is 2. The molecule has 0 aliphatic carbocycles. The number of hydrogen-bond donors (Lipinski definition) is 2. The van der Waals surface area contributed by atoms with E-state index >= 15 is 0 Å². The zero-order valence-electron chi connectivity index (χ0n) is 16.4. The Bertz CT molecular complexity index is 1130. The summed E-state index contributed by atoms with van der Waals surface area (Å²) in [6.45, 7) is 0.638. The molecule has 2 N–H and O–H groups in total. The van der Waals surface area contributed by atoms with E-state index in [2.05, 4.69) is 15.3 Å². The molecular weight excluding hydrogens is 387 g/mol. The number of ether oxygens (including phenoxy) is 1. The van der Waals surface area contributed by atoms with Gasteiger partial charge in [-0.3, -0.25) is 4.79 Å². The number of nitrogens with zero attached hydrogens (tertiary/aromatic N) is 2. The van der Waals surface area contributed by atoms with Crippen LogP contribution in [0.5, 0.6) is 5.75 Å². The van der Waals surface area contributed by atoms with E-state index in [4.69, 9.17) is 4.74 Å². The van der Waals surface area contributed by atoms with Crippen molar-refractivity contribution in [2.75, 3.05) is 19.0 Å². The number of aromatic nitrogens is 2. The van der Waals surface area contributed by atoms with Gasteiger partial charge in [0.25, 0.3) is 5.56 Å². The van der Waals surface area contributed by atoms with E-state index in [9.17, 15) is 14.0 Å². The summed E-state index contributed by atoms with van der Waals surface area (Å²) in [4.78, 5) is 34.2. The fourth-order valence-corrected chi connectivity index (χ4v) is 3.43. The summed E-state index contributed by atoms with van der Waals surface area (Å²) in [5, 5.41) is 2.83. The first-order valence-electron chi connectivity index (χ1n) is 9.57. The van der Waals surface area contributed by atoms with Gasteiger partial charge in [0.2, 0.25) is 0 Å². The number of carbonyl (C=O) groups excluding carboxylic acids is 1. The maximum absolute atomic E-state index is 13.1. The lowest BCUT2D eigenvalue weighted by atomic mass is 10.1. The van der Waals surface area contributed by atoms with Crippen LogP contribution in [0.25, 0.3) is 0 Å². The van der Waals surface area contributed by atoms with E-state index in [0.29, 0.717) is 47.9 Å². The summed E-state index contributed by atoms with van der Waals surface area (Å²) >= 11 is 0. The molecule has 0 atom stereocenters. The van der Waals surface area contributed by atoms with Gasteiger partial charge in [0.05, 0.1) is 24.9 Å². The van der Waals surface area contributed by atoms with Crippen molar-refractivity contribution < 1.29 is 13.9 Å². The number of urea groups is 1. The van der Waals surface area contributed by atoms with Crippen molar-refractivity contribution in [1.82, 2.24) is 14.9 Å². The number of methoxy groups -OCH3 is 1. The Morgan fingerprint density at radius 2 is 2.07 bits per heavy atom. The third kappa shape index (κ3) is 4.32. The number of amides is 2. The van der Waals surface area contributed by atoms with E-state index in [1.165, 1.54) is 12.1 Å². The zero-order valence-corrected chi connectivity index (χ0v) is 16.4. The molecule has 3 aromatic rings. The molecule has 2 aromatic carbocycles. The van der Waals surface area contributed by atoms with Crippen LogP contribution in [0, 0.1) is 5.82 Å². The zero-order chi connectivity index (χ0) is 21.1. The van der Waals surface area contributed by atoms with Gasteiger partial charge in [0.1, 0.15) is 17.4 Å². The first kappa shape index (κ1) is 19.6. The number of fused-ring (bicyclic) bond motifs is 1. The molecule has 0 fully saturated rings. The number of anilines is 1. The predicted molar refractivity (Wildman–Crippen MR) is 110 cm³/mol. The van der Waals surface area contributed by atoms with Crippen molar-refractivity contribution in [2.45, 2.75) is 19.4 Å². The van der Waals surface area contributed by atoms with Crippen LogP contribution < -0.4 is 15.6 Å². The molecule has 0 radical (unpaired) electrons. The molecule has 0 bridgehead atoms. The Kier molecular flexibility index (Phi) is 5.47. The SMILES string of the molecule is COc1cccc(NC(=O)N2CCc3nc(Cc4ccc(F)cc4)[nH]c(=O)c3C2)c1. The van der Waals surface area contributed by atoms with Crippen molar-refractivity contribution in [1.29, 1.82) is 0 Å². The average Bonchev–Trinajstić information content (AvgIpc) is 2.75. The minimum absolute atomic E-state index is 0.185. The van der Waals surface area contributed by atoms with Gasteiger partial charge in [-0.25, -0.2) is 14.2 Å². The fraction of sp³-hybridized carbons (Fsp3) is 0.227. The third-order valence-electron chi connectivity index (χ3n) is 5.01. The normalized spacial score (nSPS) is 12.9. The van der Waals surface area contributed by atoms with Crippen LogP contribution in [0.2, 0.25) is 0 Å². The summed E-state index contributed by atoms with van der Waals surface area (Å²) in [5.41, 5.74) is 2.41. The Morgan fingerprint density at radius 1 is 1.27 bits per heavy atom. The highest BCUT2D eigenvalue weighted by molar-refractivity contribution is 5.89. The van der Waals surface area contributed by atoms with Crippen molar-refractivity contribution in [3.8, 4) is 5.75 Å². The van der Waals surface area contributed by atoms with E-state index in [1.54, 1.807) is 48.4 Å². The lowest BCUT2D eigenvalue weighted by molar-refractivity contribution is 0.205. The lowest BCUT2D eigenvalue weighted by Gasteiger charge is -2.28. The number of carbonyl (C=O) groups is 1. The van der Waals surface area contributed by atoms with Crippen LogP contribution in [0.3, 0.4) is 0 Å². The molecule has 0 spiro atoms. The van der Waals surface area contributed by atoms with E-state index < -0.39 is 0 Å². The molecule has 0 saturated heterocycles. The highest BCUT2D eigenvalue weighted by Gasteiger charge is 2.24. The Labute approximate surface area is 172 Å². The summed E-state index contributed by atoms with van der Waals surface area (Å²) < 4.78 is 18.2. The van der Waals surface area contributed by atoms with Crippen LogP contribution in [0.4, 0.5) is 14.9 Å².